The smallest absolute Gasteiger partial charge is 0.348 e. The summed E-state index contributed by atoms with van der Waals surface area (Å²) >= 11 is 1.16. The van der Waals surface area contributed by atoms with Crippen LogP contribution in [0.4, 0.5) is 10.8 Å². The molecule has 0 aliphatic heterocycles. The van der Waals surface area contributed by atoms with Crippen LogP contribution in [-0.4, -0.2) is 21.5 Å². The SMILES string of the molecule is CC(C)(C)OC(=O)c1c([N+](=O)[O-])ccc2sc(N)nc12. The van der Waals surface area contributed by atoms with Gasteiger partial charge < -0.3 is 10.5 Å². The van der Waals surface area contributed by atoms with Gasteiger partial charge in [-0.3, -0.25) is 10.1 Å². The number of nitrogens with two attached hydrogens (primary N) is 1. The van der Waals surface area contributed by atoms with Crippen LogP contribution in [-0.2, 0) is 4.74 Å². The van der Waals surface area contributed by atoms with E-state index in [0.29, 0.717) is 4.70 Å². The molecule has 0 aliphatic rings. The first-order valence-electron chi connectivity index (χ1n) is 5.76. The number of ether oxygens (including phenoxy) is 1. The van der Waals surface area contributed by atoms with Gasteiger partial charge in [-0.1, -0.05) is 11.3 Å². The van der Waals surface area contributed by atoms with Gasteiger partial charge in [0.05, 0.1) is 9.62 Å². The van der Waals surface area contributed by atoms with E-state index in [0.717, 1.165) is 11.3 Å². The molecule has 2 aromatic rings. The van der Waals surface area contributed by atoms with Crippen molar-refractivity contribution >= 4 is 38.3 Å². The Balaban J connectivity index is 2.66. The zero-order valence-corrected chi connectivity index (χ0v) is 12.0. The second-order valence-electron chi connectivity index (χ2n) is 5.12. The lowest BCUT2D eigenvalue weighted by atomic mass is 10.1. The number of hydrogen-bond acceptors (Lipinski definition) is 7. The number of nitrogens with zero attached hydrogens (tertiary/aromatic N) is 2. The van der Waals surface area contributed by atoms with Gasteiger partial charge in [-0.25, -0.2) is 9.78 Å². The van der Waals surface area contributed by atoms with Gasteiger partial charge in [-0.05, 0) is 26.8 Å². The summed E-state index contributed by atoms with van der Waals surface area (Å²) in [5.74, 6) is -0.778. The number of anilines is 1. The number of nitro groups is 1. The standard InChI is InChI=1S/C12H13N3O4S/c1-12(2,3)19-10(16)8-6(15(17)18)4-5-7-9(8)14-11(13)20-7/h4-5H,1-3H3,(H2,13,14). The molecule has 20 heavy (non-hydrogen) atoms. The number of nitro benzene ring substituents is 1. The van der Waals surface area contributed by atoms with E-state index in [2.05, 4.69) is 4.98 Å². The molecule has 2 N–H and O–H groups in total. The van der Waals surface area contributed by atoms with Gasteiger partial charge in [0.15, 0.2) is 10.7 Å². The predicted octanol–water partition coefficient (Wildman–Crippen LogP) is 2.74. The number of carbonyl (C=O) groups is 1. The third kappa shape index (κ3) is 2.69. The first-order valence-corrected chi connectivity index (χ1v) is 6.57. The Bertz CT molecular complexity index is 703. The van der Waals surface area contributed by atoms with Crippen molar-refractivity contribution in [3.05, 3.63) is 27.8 Å². The largest absolute Gasteiger partial charge is 0.456 e. The van der Waals surface area contributed by atoms with Crippen molar-refractivity contribution in [1.29, 1.82) is 0 Å². The van der Waals surface area contributed by atoms with Crippen molar-refractivity contribution in [2.45, 2.75) is 26.4 Å². The summed E-state index contributed by atoms with van der Waals surface area (Å²) in [5.41, 5.74) is 4.55. The number of fused-ring (bicyclic) bond motifs is 1. The van der Waals surface area contributed by atoms with Gasteiger partial charge in [-0.2, -0.15) is 0 Å². The van der Waals surface area contributed by atoms with E-state index in [9.17, 15) is 14.9 Å². The van der Waals surface area contributed by atoms with E-state index in [4.69, 9.17) is 10.5 Å². The maximum Gasteiger partial charge on any atom is 0.348 e. The molecular weight excluding hydrogens is 282 g/mol. The van der Waals surface area contributed by atoms with E-state index < -0.39 is 16.5 Å². The van der Waals surface area contributed by atoms with E-state index in [1.807, 2.05) is 0 Å². The molecule has 2 rings (SSSR count). The fraction of sp³-hybridized carbons (Fsp3) is 0.333. The van der Waals surface area contributed by atoms with Gasteiger partial charge in [0.2, 0.25) is 0 Å². The third-order valence-corrected chi connectivity index (χ3v) is 3.20. The van der Waals surface area contributed by atoms with Crippen LogP contribution in [0, 0.1) is 10.1 Å². The van der Waals surface area contributed by atoms with Crippen LogP contribution in [0.15, 0.2) is 12.1 Å². The molecular formula is C12H13N3O4S. The number of esters is 1. The Morgan fingerprint density at radius 3 is 2.65 bits per heavy atom. The number of rotatable bonds is 2. The average Bonchev–Trinajstić information content (AvgIpc) is 2.64. The summed E-state index contributed by atoms with van der Waals surface area (Å²) in [5, 5.41) is 11.3. The fourth-order valence-corrected chi connectivity index (χ4v) is 2.43. The lowest BCUT2D eigenvalue weighted by molar-refractivity contribution is -0.385. The predicted molar refractivity (Wildman–Crippen MR) is 75.9 cm³/mol. The number of thiazole rings is 1. The number of hydrogen-bond donors (Lipinski definition) is 1. The molecule has 1 aromatic heterocycles. The molecule has 0 aliphatic carbocycles. The van der Waals surface area contributed by atoms with Crippen LogP contribution in [0.2, 0.25) is 0 Å². The summed E-state index contributed by atoms with van der Waals surface area (Å²) in [6.45, 7) is 5.06. The molecule has 0 atom stereocenters. The molecule has 1 aromatic carbocycles. The molecule has 0 bridgehead atoms. The summed E-state index contributed by atoms with van der Waals surface area (Å²) in [6, 6.07) is 2.79. The quantitative estimate of drug-likeness (QED) is 0.518. The summed E-state index contributed by atoms with van der Waals surface area (Å²) in [6.07, 6.45) is 0. The number of nitrogen functional groups attached to an aromatic ring is 1. The van der Waals surface area contributed by atoms with Crippen LogP contribution in [0.5, 0.6) is 0 Å². The second-order valence-corrected chi connectivity index (χ2v) is 6.18. The number of aromatic nitrogens is 1. The number of benzene rings is 1. The minimum Gasteiger partial charge on any atom is -0.456 e. The molecule has 0 spiro atoms. The molecule has 0 fully saturated rings. The van der Waals surface area contributed by atoms with E-state index in [1.165, 1.54) is 12.1 Å². The van der Waals surface area contributed by atoms with Gasteiger partial charge in [0.1, 0.15) is 11.1 Å². The van der Waals surface area contributed by atoms with Crippen molar-refractivity contribution < 1.29 is 14.5 Å². The molecule has 7 nitrogen and oxygen atoms in total. The molecule has 0 radical (unpaired) electrons. The maximum atomic E-state index is 12.2. The minimum absolute atomic E-state index is 0.157. The van der Waals surface area contributed by atoms with Crippen molar-refractivity contribution in [3.8, 4) is 0 Å². The zero-order chi connectivity index (χ0) is 15.1. The molecule has 1 heterocycles. The third-order valence-electron chi connectivity index (χ3n) is 2.36. The van der Waals surface area contributed by atoms with Crippen molar-refractivity contribution in [2.75, 3.05) is 5.73 Å². The van der Waals surface area contributed by atoms with E-state index >= 15 is 0 Å². The minimum atomic E-state index is -0.778. The van der Waals surface area contributed by atoms with Gasteiger partial charge in [0, 0.05) is 6.07 Å². The lowest BCUT2D eigenvalue weighted by Crippen LogP contribution is -2.24. The summed E-state index contributed by atoms with van der Waals surface area (Å²) < 4.78 is 5.82. The van der Waals surface area contributed by atoms with Crippen LogP contribution >= 0.6 is 11.3 Å². The topological polar surface area (TPSA) is 108 Å². The van der Waals surface area contributed by atoms with Crippen molar-refractivity contribution in [3.63, 3.8) is 0 Å². The monoisotopic (exact) mass is 295 g/mol. The first-order chi connectivity index (χ1) is 9.19. The maximum absolute atomic E-state index is 12.2. The normalized spacial score (nSPS) is 11.6. The molecule has 0 amide bonds. The highest BCUT2D eigenvalue weighted by Crippen LogP contribution is 2.33. The van der Waals surface area contributed by atoms with Crippen LogP contribution in [0.25, 0.3) is 10.2 Å². The van der Waals surface area contributed by atoms with Crippen LogP contribution in [0.1, 0.15) is 31.1 Å². The Morgan fingerprint density at radius 2 is 2.10 bits per heavy atom. The molecule has 106 valence electrons. The Hall–Kier alpha value is -2.22. The highest BCUT2D eigenvalue weighted by Gasteiger charge is 2.29. The average molecular weight is 295 g/mol. The highest BCUT2D eigenvalue weighted by molar-refractivity contribution is 7.22. The number of carbonyl (C=O) groups excluding carboxylic acids is 1. The second kappa shape index (κ2) is 4.71. The van der Waals surface area contributed by atoms with Crippen molar-refractivity contribution in [2.24, 2.45) is 0 Å². The van der Waals surface area contributed by atoms with Gasteiger partial charge in [-0.15, -0.1) is 0 Å². The summed E-state index contributed by atoms with van der Waals surface area (Å²) in [7, 11) is 0. The zero-order valence-electron chi connectivity index (χ0n) is 11.2. The summed E-state index contributed by atoms with van der Waals surface area (Å²) in [4.78, 5) is 26.7. The van der Waals surface area contributed by atoms with Gasteiger partial charge in [0.25, 0.3) is 5.69 Å². The van der Waals surface area contributed by atoms with E-state index in [1.54, 1.807) is 20.8 Å². The Morgan fingerprint density at radius 1 is 1.45 bits per heavy atom. The van der Waals surface area contributed by atoms with Crippen LogP contribution in [0.3, 0.4) is 0 Å². The molecule has 0 saturated carbocycles. The van der Waals surface area contributed by atoms with Crippen molar-refractivity contribution in [1.82, 2.24) is 4.98 Å². The first kappa shape index (κ1) is 14.2. The van der Waals surface area contributed by atoms with E-state index in [-0.39, 0.29) is 21.9 Å². The Kier molecular flexibility index (Phi) is 3.34. The molecule has 0 unspecified atom stereocenters. The molecule has 0 saturated heterocycles. The van der Waals surface area contributed by atoms with Crippen LogP contribution < -0.4 is 5.73 Å². The molecule has 8 heteroatoms. The Labute approximate surface area is 118 Å². The highest BCUT2D eigenvalue weighted by atomic mass is 32.1. The van der Waals surface area contributed by atoms with Gasteiger partial charge >= 0.3 is 5.97 Å². The lowest BCUT2D eigenvalue weighted by Gasteiger charge is -2.19. The fourth-order valence-electron chi connectivity index (χ4n) is 1.68.